The Morgan fingerprint density at radius 2 is 2.25 bits per heavy atom. The molecule has 1 aromatic rings. The monoisotopic (exact) mass is 224 g/mol. The minimum Gasteiger partial charge on any atom is -0.294 e. The molecule has 1 unspecified atom stereocenters. The molecule has 2 heteroatoms. The average molecular weight is 225 g/mol. The Bertz CT molecular complexity index is 344. The Hall–Kier alpha value is -0.630. The van der Waals surface area contributed by atoms with E-state index in [0.717, 1.165) is 10.0 Å². The predicted molar refractivity (Wildman–Crippen MR) is 51.5 cm³/mol. The highest BCUT2D eigenvalue weighted by Gasteiger charge is 2.27. The van der Waals surface area contributed by atoms with Crippen LogP contribution in [0.25, 0.3) is 0 Å². The van der Waals surface area contributed by atoms with Crippen molar-refractivity contribution >= 4 is 21.7 Å². The number of hydrogen-bond donors (Lipinski definition) is 0. The molecule has 12 heavy (non-hydrogen) atoms. The van der Waals surface area contributed by atoms with Crippen molar-refractivity contribution in [3.63, 3.8) is 0 Å². The Labute approximate surface area is 79.9 Å². The van der Waals surface area contributed by atoms with Gasteiger partial charge in [-0.25, -0.2) is 0 Å². The molecule has 0 saturated carbocycles. The van der Waals surface area contributed by atoms with Gasteiger partial charge in [0.05, 0.1) is 0 Å². The molecule has 2 rings (SSSR count). The number of carbonyl (C=O) groups is 1. The Morgan fingerprint density at radius 3 is 2.92 bits per heavy atom. The number of hydrogen-bond acceptors (Lipinski definition) is 1. The quantitative estimate of drug-likeness (QED) is 0.662. The third-order valence-electron chi connectivity index (χ3n) is 2.35. The van der Waals surface area contributed by atoms with Gasteiger partial charge in [0.1, 0.15) is 0 Å². The number of Topliss-reactive ketones (excluding diaryl/α,β-unsaturated/α-hetero) is 1. The highest BCUT2D eigenvalue weighted by molar-refractivity contribution is 9.10. The molecule has 0 amide bonds. The van der Waals surface area contributed by atoms with Gasteiger partial charge in [-0.05, 0) is 17.5 Å². The zero-order valence-electron chi connectivity index (χ0n) is 6.80. The van der Waals surface area contributed by atoms with E-state index in [1.54, 1.807) is 0 Å². The summed E-state index contributed by atoms with van der Waals surface area (Å²) in [6.07, 6.45) is 0.665. The van der Waals surface area contributed by atoms with Gasteiger partial charge in [-0.3, -0.25) is 4.79 Å². The van der Waals surface area contributed by atoms with Crippen LogP contribution in [0.15, 0.2) is 22.7 Å². The van der Waals surface area contributed by atoms with Crippen molar-refractivity contribution in [1.29, 1.82) is 0 Å². The third-order valence-corrected chi connectivity index (χ3v) is 3.01. The number of benzene rings is 1. The normalized spacial score (nSPS) is 21.2. The van der Waals surface area contributed by atoms with E-state index in [-0.39, 0.29) is 5.78 Å². The molecule has 0 radical (unpaired) electrons. The number of fused-ring (bicyclic) bond motifs is 1. The minimum atomic E-state index is 0.268. The maximum absolute atomic E-state index is 11.5. The minimum absolute atomic E-state index is 0.268. The highest BCUT2D eigenvalue weighted by Crippen LogP contribution is 2.36. The fraction of sp³-hybridized carbons (Fsp3) is 0.300. The van der Waals surface area contributed by atoms with Gasteiger partial charge in [0.25, 0.3) is 0 Å². The number of halogens is 1. The Morgan fingerprint density at radius 1 is 1.50 bits per heavy atom. The molecule has 1 aliphatic carbocycles. The van der Waals surface area contributed by atoms with Gasteiger partial charge >= 0.3 is 0 Å². The largest absolute Gasteiger partial charge is 0.294 e. The van der Waals surface area contributed by atoms with Crippen molar-refractivity contribution in [3.05, 3.63) is 33.8 Å². The molecule has 0 heterocycles. The van der Waals surface area contributed by atoms with E-state index >= 15 is 0 Å². The van der Waals surface area contributed by atoms with Crippen molar-refractivity contribution < 1.29 is 4.79 Å². The maximum Gasteiger partial charge on any atom is 0.164 e. The van der Waals surface area contributed by atoms with Crippen LogP contribution in [0.3, 0.4) is 0 Å². The van der Waals surface area contributed by atoms with E-state index in [0.29, 0.717) is 12.3 Å². The summed E-state index contributed by atoms with van der Waals surface area (Å²) in [5, 5.41) is 0. The van der Waals surface area contributed by atoms with Crippen LogP contribution in [-0.4, -0.2) is 5.78 Å². The summed E-state index contributed by atoms with van der Waals surface area (Å²) in [7, 11) is 0. The maximum atomic E-state index is 11.5. The second-order valence-electron chi connectivity index (χ2n) is 3.23. The molecular weight excluding hydrogens is 216 g/mol. The number of rotatable bonds is 0. The lowest BCUT2D eigenvalue weighted by molar-refractivity contribution is 0.0989. The fourth-order valence-corrected chi connectivity index (χ4v) is 2.34. The van der Waals surface area contributed by atoms with Crippen molar-refractivity contribution in [1.82, 2.24) is 0 Å². The summed E-state index contributed by atoms with van der Waals surface area (Å²) >= 11 is 3.39. The van der Waals surface area contributed by atoms with Crippen molar-refractivity contribution in [2.24, 2.45) is 0 Å². The first kappa shape index (κ1) is 7.99. The van der Waals surface area contributed by atoms with Crippen molar-refractivity contribution in [2.45, 2.75) is 19.3 Å². The first-order valence-corrected chi connectivity index (χ1v) is 4.81. The zero-order chi connectivity index (χ0) is 8.72. The standard InChI is InChI=1S/C10H9BrO/c1-6-5-9(12)10-7(6)3-2-4-8(10)11/h2-4,6H,5H2,1H3. The second-order valence-corrected chi connectivity index (χ2v) is 4.09. The fourth-order valence-electron chi connectivity index (χ4n) is 1.74. The van der Waals surface area contributed by atoms with Gasteiger partial charge < -0.3 is 0 Å². The van der Waals surface area contributed by atoms with Crippen molar-refractivity contribution in [2.75, 3.05) is 0 Å². The van der Waals surface area contributed by atoms with Gasteiger partial charge in [-0.1, -0.05) is 35.0 Å². The summed E-state index contributed by atoms with van der Waals surface area (Å²) < 4.78 is 0.939. The summed E-state index contributed by atoms with van der Waals surface area (Å²) in [4.78, 5) is 11.5. The van der Waals surface area contributed by atoms with E-state index in [1.165, 1.54) is 5.56 Å². The zero-order valence-corrected chi connectivity index (χ0v) is 8.39. The van der Waals surface area contributed by atoms with Crippen LogP contribution in [0.4, 0.5) is 0 Å². The molecule has 0 N–H and O–H groups in total. The molecule has 1 aliphatic rings. The van der Waals surface area contributed by atoms with E-state index in [2.05, 4.69) is 22.9 Å². The van der Waals surface area contributed by atoms with Crippen molar-refractivity contribution in [3.8, 4) is 0 Å². The summed E-state index contributed by atoms with van der Waals surface area (Å²) in [5.74, 6) is 0.662. The lowest BCUT2D eigenvalue weighted by atomic mass is 10.0. The molecule has 0 saturated heterocycles. The van der Waals surface area contributed by atoms with Crippen LogP contribution in [0.1, 0.15) is 35.2 Å². The molecular formula is C10H9BrO. The van der Waals surface area contributed by atoms with Gasteiger partial charge in [0, 0.05) is 16.5 Å². The molecule has 62 valence electrons. The topological polar surface area (TPSA) is 17.1 Å². The average Bonchev–Trinajstić information content (AvgIpc) is 2.29. The number of ketones is 1. The summed E-state index contributed by atoms with van der Waals surface area (Å²) in [6, 6.07) is 5.95. The summed E-state index contributed by atoms with van der Waals surface area (Å²) in [6.45, 7) is 2.09. The molecule has 0 spiro atoms. The Balaban J connectivity index is 2.67. The third kappa shape index (κ3) is 1.02. The summed E-state index contributed by atoms with van der Waals surface area (Å²) in [5.41, 5.74) is 2.08. The second kappa shape index (κ2) is 2.70. The molecule has 1 aromatic carbocycles. The highest BCUT2D eigenvalue weighted by atomic mass is 79.9. The van der Waals surface area contributed by atoms with E-state index in [1.807, 2.05) is 18.2 Å². The SMILES string of the molecule is CC1CC(=O)c2c(Br)cccc21. The smallest absolute Gasteiger partial charge is 0.164 e. The van der Waals surface area contributed by atoms with Gasteiger partial charge in [-0.15, -0.1) is 0 Å². The van der Waals surface area contributed by atoms with Crippen LogP contribution in [-0.2, 0) is 0 Å². The van der Waals surface area contributed by atoms with E-state index < -0.39 is 0 Å². The van der Waals surface area contributed by atoms with Crippen LogP contribution in [0.5, 0.6) is 0 Å². The van der Waals surface area contributed by atoms with Gasteiger partial charge in [0.2, 0.25) is 0 Å². The molecule has 1 atom stereocenters. The van der Waals surface area contributed by atoms with Crippen LogP contribution in [0.2, 0.25) is 0 Å². The number of carbonyl (C=O) groups excluding carboxylic acids is 1. The van der Waals surface area contributed by atoms with Crippen LogP contribution in [0, 0.1) is 0 Å². The van der Waals surface area contributed by atoms with E-state index in [9.17, 15) is 4.79 Å². The predicted octanol–water partition coefficient (Wildman–Crippen LogP) is 3.14. The van der Waals surface area contributed by atoms with Crippen LogP contribution >= 0.6 is 15.9 Å². The van der Waals surface area contributed by atoms with Gasteiger partial charge in [-0.2, -0.15) is 0 Å². The molecule has 0 bridgehead atoms. The molecule has 0 fully saturated rings. The lowest BCUT2D eigenvalue weighted by Gasteiger charge is -2.02. The first-order valence-electron chi connectivity index (χ1n) is 4.01. The van der Waals surface area contributed by atoms with E-state index in [4.69, 9.17) is 0 Å². The molecule has 0 aliphatic heterocycles. The molecule has 1 nitrogen and oxygen atoms in total. The Kier molecular flexibility index (Phi) is 1.80. The first-order chi connectivity index (χ1) is 5.70. The molecule has 0 aromatic heterocycles. The lowest BCUT2D eigenvalue weighted by Crippen LogP contribution is -1.91. The van der Waals surface area contributed by atoms with Crippen LogP contribution < -0.4 is 0 Å². The van der Waals surface area contributed by atoms with Gasteiger partial charge in [0.15, 0.2) is 5.78 Å².